The Morgan fingerprint density at radius 3 is 2.86 bits per heavy atom. The van der Waals surface area contributed by atoms with Gasteiger partial charge in [-0.05, 0) is 55.0 Å². The largest absolute Gasteiger partial charge is 0.312 e. The summed E-state index contributed by atoms with van der Waals surface area (Å²) < 4.78 is 0. The van der Waals surface area contributed by atoms with Crippen molar-refractivity contribution in [3.05, 3.63) is 28.8 Å². The SMILES string of the molecule is CC(C)CNCc1cc(Cl)ccc1SC1CCCC(C)C1. The van der Waals surface area contributed by atoms with Crippen LogP contribution in [0.4, 0.5) is 0 Å². The lowest BCUT2D eigenvalue weighted by molar-refractivity contribution is 0.394. The van der Waals surface area contributed by atoms with Crippen molar-refractivity contribution in [2.75, 3.05) is 6.54 Å². The van der Waals surface area contributed by atoms with E-state index in [1.54, 1.807) is 0 Å². The number of thioether (sulfide) groups is 1. The van der Waals surface area contributed by atoms with E-state index >= 15 is 0 Å². The van der Waals surface area contributed by atoms with Crippen LogP contribution in [0, 0.1) is 11.8 Å². The molecule has 0 radical (unpaired) electrons. The van der Waals surface area contributed by atoms with Crippen LogP contribution in [0.25, 0.3) is 0 Å². The molecule has 0 saturated heterocycles. The third-order valence-electron chi connectivity index (χ3n) is 4.07. The van der Waals surface area contributed by atoms with Gasteiger partial charge in [0.25, 0.3) is 0 Å². The molecule has 3 heteroatoms. The van der Waals surface area contributed by atoms with E-state index in [0.717, 1.165) is 29.3 Å². The first-order chi connectivity index (χ1) is 10.0. The normalized spacial score (nSPS) is 22.7. The molecule has 1 nitrogen and oxygen atoms in total. The summed E-state index contributed by atoms with van der Waals surface area (Å²) in [5.74, 6) is 1.56. The fraction of sp³-hybridized carbons (Fsp3) is 0.667. The maximum Gasteiger partial charge on any atom is 0.0410 e. The highest BCUT2D eigenvalue weighted by atomic mass is 35.5. The fourth-order valence-electron chi connectivity index (χ4n) is 2.96. The topological polar surface area (TPSA) is 12.0 Å². The summed E-state index contributed by atoms with van der Waals surface area (Å²) in [7, 11) is 0. The van der Waals surface area contributed by atoms with Gasteiger partial charge in [-0.15, -0.1) is 11.8 Å². The van der Waals surface area contributed by atoms with Gasteiger partial charge in [0.1, 0.15) is 0 Å². The van der Waals surface area contributed by atoms with Crippen LogP contribution < -0.4 is 5.32 Å². The Morgan fingerprint density at radius 2 is 2.14 bits per heavy atom. The molecule has 1 saturated carbocycles. The minimum atomic E-state index is 0.680. The quantitative estimate of drug-likeness (QED) is 0.714. The van der Waals surface area contributed by atoms with E-state index in [1.807, 2.05) is 6.07 Å². The second-order valence-electron chi connectivity index (χ2n) is 6.79. The smallest absolute Gasteiger partial charge is 0.0410 e. The highest BCUT2D eigenvalue weighted by molar-refractivity contribution is 8.00. The summed E-state index contributed by atoms with van der Waals surface area (Å²) in [5, 5.41) is 5.16. The van der Waals surface area contributed by atoms with Crippen LogP contribution in [-0.4, -0.2) is 11.8 Å². The van der Waals surface area contributed by atoms with Crippen LogP contribution in [0.5, 0.6) is 0 Å². The molecule has 1 fully saturated rings. The number of nitrogens with one attached hydrogen (secondary N) is 1. The minimum absolute atomic E-state index is 0.680. The van der Waals surface area contributed by atoms with Gasteiger partial charge in [0, 0.05) is 21.7 Å². The van der Waals surface area contributed by atoms with E-state index < -0.39 is 0 Å². The number of rotatable bonds is 6. The van der Waals surface area contributed by atoms with Crippen LogP contribution in [0.3, 0.4) is 0 Å². The Labute approximate surface area is 139 Å². The highest BCUT2D eigenvalue weighted by Gasteiger charge is 2.20. The average molecular weight is 326 g/mol. The maximum absolute atomic E-state index is 6.19. The van der Waals surface area contributed by atoms with Gasteiger partial charge in [0.2, 0.25) is 0 Å². The van der Waals surface area contributed by atoms with Crippen molar-refractivity contribution < 1.29 is 0 Å². The van der Waals surface area contributed by atoms with Gasteiger partial charge in [-0.1, -0.05) is 45.2 Å². The highest BCUT2D eigenvalue weighted by Crippen LogP contribution is 2.38. The predicted molar refractivity (Wildman–Crippen MR) is 95.3 cm³/mol. The predicted octanol–water partition coefficient (Wildman–Crippen LogP) is 5.76. The van der Waals surface area contributed by atoms with Gasteiger partial charge in [-0.25, -0.2) is 0 Å². The molecular weight excluding hydrogens is 298 g/mol. The molecule has 0 heterocycles. The van der Waals surface area contributed by atoms with Crippen LogP contribution in [0.1, 0.15) is 52.0 Å². The molecule has 0 aromatic heterocycles. The molecule has 1 aliphatic rings. The van der Waals surface area contributed by atoms with Gasteiger partial charge >= 0.3 is 0 Å². The zero-order chi connectivity index (χ0) is 15.2. The average Bonchev–Trinajstić information content (AvgIpc) is 2.41. The number of hydrogen-bond donors (Lipinski definition) is 1. The van der Waals surface area contributed by atoms with Crippen LogP contribution >= 0.6 is 23.4 Å². The van der Waals surface area contributed by atoms with E-state index in [4.69, 9.17) is 11.6 Å². The lowest BCUT2D eigenvalue weighted by Gasteiger charge is -2.27. The third-order valence-corrected chi connectivity index (χ3v) is 5.72. The molecule has 2 unspecified atom stereocenters. The molecule has 118 valence electrons. The van der Waals surface area contributed by atoms with E-state index in [1.165, 1.54) is 36.1 Å². The summed E-state index contributed by atoms with van der Waals surface area (Å²) >= 11 is 8.25. The van der Waals surface area contributed by atoms with Crippen LogP contribution in [0.15, 0.2) is 23.1 Å². The molecular formula is C18H28ClNS. The van der Waals surface area contributed by atoms with E-state index in [9.17, 15) is 0 Å². The number of benzene rings is 1. The molecule has 0 amide bonds. The zero-order valence-corrected chi connectivity index (χ0v) is 15.1. The summed E-state index contributed by atoms with van der Waals surface area (Å²) in [6.07, 6.45) is 5.50. The second kappa shape index (κ2) is 8.45. The molecule has 1 aliphatic carbocycles. The summed E-state index contributed by atoms with van der Waals surface area (Å²) in [6.45, 7) is 8.84. The summed E-state index contributed by atoms with van der Waals surface area (Å²) in [6, 6.07) is 6.37. The fourth-order valence-corrected chi connectivity index (χ4v) is 4.65. The Bertz CT molecular complexity index is 447. The summed E-state index contributed by atoms with van der Waals surface area (Å²) in [4.78, 5) is 1.41. The monoisotopic (exact) mass is 325 g/mol. The Kier molecular flexibility index (Phi) is 6.91. The molecule has 1 aromatic rings. The van der Waals surface area contributed by atoms with Crippen LogP contribution in [-0.2, 0) is 6.54 Å². The molecule has 1 N–H and O–H groups in total. The first-order valence-electron chi connectivity index (χ1n) is 8.20. The van der Waals surface area contributed by atoms with Crippen molar-refractivity contribution in [1.29, 1.82) is 0 Å². The molecule has 0 bridgehead atoms. The van der Waals surface area contributed by atoms with E-state index in [-0.39, 0.29) is 0 Å². The molecule has 0 spiro atoms. The lowest BCUT2D eigenvalue weighted by atomic mass is 9.91. The van der Waals surface area contributed by atoms with Crippen molar-refractivity contribution in [1.82, 2.24) is 5.32 Å². The number of hydrogen-bond acceptors (Lipinski definition) is 2. The van der Waals surface area contributed by atoms with E-state index in [2.05, 4.69) is 50.0 Å². The number of halogens is 1. The van der Waals surface area contributed by atoms with Crippen molar-refractivity contribution >= 4 is 23.4 Å². The Morgan fingerprint density at radius 1 is 1.33 bits per heavy atom. The van der Waals surface area contributed by atoms with Crippen molar-refractivity contribution in [3.8, 4) is 0 Å². The van der Waals surface area contributed by atoms with Gasteiger partial charge in [0.05, 0.1) is 0 Å². The molecule has 1 aromatic carbocycles. The first kappa shape index (κ1) is 17.2. The minimum Gasteiger partial charge on any atom is -0.312 e. The Balaban J connectivity index is 2.00. The van der Waals surface area contributed by atoms with Gasteiger partial charge < -0.3 is 5.32 Å². The first-order valence-corrected chi connectivity index (χ1v) is 9.46. The maximum atomic E-state index is 6.19. The summed E-state index contributed by atoms with van der Waals surface area (Å²) in [5.41, 5.74) is 1.35. The van der Waals surface area contributed by atoms with Crippen LogP contribution in [0.2, 0.25) is 5.02 Å². The molecule has 0 aliphatic heterocycles. The van der Waals surface area contributed by atoms with Crippen molar-refractivity contribution in [2.24, 2.45) is 11.8 Å². The van der Waals surface area contributed by atoms with Gasteiger partial charge in [0.15, 0.2) is 0 Å². The third kappa shape index (κ3) is 5.84. The Hall–Kier alpha value is -0.180. The van der Waals surface area contributed by atoms with Crippen molar-refractivity contribution in [2.45, 2.75) is 63.1 Å². The van der Waals surface area contributed by atoms with E-state index in [0.29, 0.717) is 5.92 Å². The molecule has 2 rings (SSSR count). The standard InChI is InChI=1S/C18H28ClNS/c1-13(2)11-20-12-15-10-16(19)7-8-18(15)21-17-6-4-5-14(3)9-17/h7-8,10,13-14,17,20H,4-6,9,11-12H2,1-3H3. The van der Waals surface area contributed by atoms with Gasteiger partial charge in [-0.3, -0.25) is 0 Å². The van der Waals surface area contributed by atoms with Crippen molar-refractivity contribution in [3.63, 3.8) is 0 Å². The second-order valence-corrected chi connectivity index (χ2v) is 8.57. The molecule has 21 heavy (non-hydrogen) atoms. The molecule has 2 atom stereocenters. The zero-order valence-electron chi connectivity index (χ0n) is 13.5. The van der Waals surface area contributed by atoms with Gasteiger partial charge in [-0.2, -0.15) is 0 Å². The lowest BCUT2D eigenvalue weighted by Crippen LogP contribution is -2.20.